The van der Waals surface area contributed by atoms with Gasteiger partial charge < -0.3 is 20.3 Å². The minimum absolute atomic E-state index is 0.187. The number of phenols is 2. The number of rotatable bonds is 1. The first-order valence-electron chi connectivity index (χ1n) is 4.62. The van der Waals surface area contributed by atoms with E-state index in [1.165, 1.54) is 6.07 Å². The van der Waals surface area contributed by atoms with Crippen molar-refractivity contribution in [2.24, 2.45) is 0 Å². The monoisotopic (exact) mass is 209 g/mol. The van der Waals surface area contributed by atoms with Crippen LogP contribution in [0.25, 0.3) is 0 Å². The van der Waals surface area contributed by atoms with Gasteiger partial charge in [-0.1, -0.05) is 12.1 Å². The number of cyclic esters (lactones) is 1. The number of hydrogen-bond acceptors (Lipinski definition) is 4. The number of ether oxygens (including phenoxy) is 1. The first kappa shape index (κ1) is 9.64. The molecule has 1 saturated heterocycles. The van der Waals surface area contributed by atoms with Crippen molar-refractivity contribution in [2.75, 3.05) is 6.61 Å². The van der Waals surface area contributed by atoms with Gasteiger partial charge in [0, 0.05) is 12.0 Å². The standard InChI is InChI=1S/C10H11NO4/c12-8-3-1-2-6(9(8)13)7-4-5-15-10(14)11-7/h1-3,7,12-13H,4-5H2,(H,11,14)/t7-/m0/s1. The lowest BCUT2D eigenvalue weighted by atomic mass is 10.0. The molecular formula is C10H11NO4. The maximum absolute atomic E-state index is 11.0. The zero-order valence-corrected chi connectivity index (χ0v) is 7.93. The smallest absolute Gasteiger partial charge is 0.407 e. The molecule has 1 aliphatic rings. The molecule has 1 aromatic carbocycles. The second-order valence-electron chi connectivity index (χ2n) is 3.34. The Hall–Kier alpha value is -1.91. The van der Waals surface area contributed by atoms with E-state index in [-0.39, 0.29) is 17.5 Å². The summed E-state index contributed by atoms with van der Waals surface area (Å²) in [6.07, 6.45) is 0.0666. The minimum atomic E-state index is -0.506. The number of alkyl carbamates (subject to hydrolysis) is 1. The number of phenolic OH excluding ortho intramolecular Hbond substituents is 2. The molecule has 80 valence electrons. The Bertz CT molecular complexity index is 391. The van der Waals surface area contributed by atoms with Gasteiger partial charge in [-0.3, -0.25) is 0 Å². The minimum Gasteiger partial charge on any atom is -0.504 e. The van der Waals surface area contributed by atoms with Crippen molar-refractivity contribution in [1.29, 1.82) is 0 Å². The summed E-state index contributed by atoms with van der Waals surface area (Å²) in [4.78, 5) is 11.0. The maximum atomic E-state index is 11.0. The van der Waals surface area contributed by atoms with Gasteiger partial charge in [-0.2, -0.15) is 0 Å². The van der Waals surface area contributed by atoms with E-state index < -0.39 is 6.09 Å². The molecule has 1 aliphatic heterocycles. The van der Waals surface area contributed by atoms with Crippen LogP contribution in [-0.4, -0.2) is 22.9 Å². The highest BCUT2D eigenvalue weighted by atomic mass is 16.5. The van der Waals surface area contributed by atoms with Crippen molar-refractivity contribution in [3.63, 3.8) is 0 Å². The van der Waals surface area contributed by atoms with Gasteiger partial charge in [0.25, 0.3) is 0 Å². The van der Waals surface area contributed by atoms with Crippen LogP contribution < -0.4 is 5.32 Å². The molecule has 0 saturated carbocycles. The normalized spacial score (nSPS) is 20.5. The summed E-state index contributed by atoms with van der Waals surface area (Å²) in [5.41, 5.74) is 0.506. The van der Waals surface area contributed by atoms with Crippen molar-refractivity contribution in [2.45, 2.75) is 12.5 Å². The Morgan fingerprint density at radius 1 is 1.40 bits per heavy atom. The average molecular weight is 209 g/mol. The van der Waals surface area contributed by atoms with Gasteiger partial charge >= 0.3 is 6.09 Å². The molecule has 0 bridgehead atoms. The topological polar surface area (TPSA) is 78.8 Å². The predicted molar refractivity (Wildman–Crippen MR) is 51.6 cm³/mol. The Morgan fingerprint density at radius 2 is 2.20 bits per heavy atom. The number of carbonyl (C=O) groups excluding carboxylic acids is 1. The number of carbonyl (C=O) groups is 1. The van der Waals surface area contributed by atoms with Crippen LogP contribution >= 0.6 is 0 Å². The molecule has 1 aromatic rings. The predicted octanol–water partition coefficient (Wildman–Crippen LogP) is 1.27. The van der Waals surface area contributed by atoms with Crippen molar-refractivity contribution in [3.8, 4) is 11.5 Å². The maximum Gasteiger partial charge on any atom is 0.407 e. The Balaban J connectivity index is 2.28. The largest absolute Gasteiger partial charge is 0.504 e. The van der Waals surface area contributed by atoms with Crippen molar-refractivity contribution < 1.29 is 19.7 Å². The second kappa shape index (κ2) is 3.68. The summed E-state index contributed by atoms with van der Waals surface area (Å²) in [5.74, 6) is -0.377. The van der Waals surface area contributed by atoms with Gasteiger partial charge in [-0.25, -0.2) is 4.79 Å². The van der Waals surface area contributed by atoms with E-state index in [9.17, 15) is 15.0 Å². The molecule has 1 heterocycles. The molecule has 1 atom stereocenters. The van der Waals surface area contributed by atoms with Crippen LogP contribution in [0, 0.1) is 0 Å². The lowest BCUT2D eigenvalue weighted by Gasteiger charge is -2.24. The van der Waals surface area contributed by atoms with Crippen molar-refractivity contribution in [3.05, 3.63) is 23.8 Å². The number of hydrogen-bond donors (Lipinski definition) is 3. The number of aromatic hydroxyl groups is 2. The first-order chi connectivity index (χ1) is 7.18. The van der Waals surface area contributed by atoms with Crippen molar-refractivity contribution in [1.82, 2.24) is 5.32 Å². The highest BCUT2D eigenvalue weighted by Gasteiger charge is 2.23. The molecule has 5 heteroatoms. The molecule has 0 unspecified atom stereocenters. The van der Waals surface area contributed by atoms with Crippen LogP contribution in [0.5, 0.6) is 11.5 Å². The van der Waals surface area contributed by atoms with E-state index in [2.05, 4.69) is 5.32 Å². The summed E-state index contributed by atoms with van der Waals surface area (Å²) in [6.45, 7) is 0.311. The van der Waals surface area contributed by atoms with Gasteiger partial charge in [-0.05, 0) is 6.07 Å². The Morgan fingerprint density at radius 3 is 2.93 bits per heavy atom. The average Bonchev–Trinajstić information content (AvgIpc) is 2.22. The van der Waals surface area contributed by atoms with Gasteiger partial charge in [0.1, 0.15) is 0 Å². The van der Waals surface area contributed by atoms with Crippen LogP contribution in [0.3, 0.4) is 0 Å². The molecule has 0 radical (unpaired) electrons. The third-order valence-corrected chi connectivity index (χ3v) is 2.35. The molecule has 2 rings (SSSR count). The van der Waals surface area contributed by atoms with Crippen molar-refractivity contribution >= 4 is 6.09 Å². The third-order valence-electron chi connectivity index (χ3n) is 2.35. The summed E-state index contributed by atoms with van der Waals surface area (Å²) in [7, 11) is 0. The molecule has 5 nitrogen and oxygen atoms in total. The lowest BCUT2D eigenvalue weighted by Crippen LogP contribution is -2.35. The van der Waals surface area contributed by atoms with Crippen LogP contribution in [-0.2, 0) is 4.74 Å². The molecular weight excluding hydrogens is 198 g/mol. The fraction of sp³-hybridized carbons (Fsp3) is 0.300. The van der Waals surface area contributed by atoms with Crippen LogP contribution in [0.4, 0.5) is 4.79 Å². The zero-order chi connectivity index (χ0) is 10.8. The Labute approximate surface area is 86.3 Å². The van der Waals surface area contributed by atoms with E-state index in [4.69, 9.17) is 4.74 Å². The molecule has 3 N–H and O–H groups in total. The number of benzene rings is 1. The molecule has 0 spiro atoms. The van der Waals surface area contributed by atoms with Crippen LogP contribution in [0.15, 0.2) is 18.2 Å². The van der Waals surface area contributed by atoms with Crippen LogP contribution in [0.2, 0.25) is 0 Å². The van der Waals surface area contributed by atoms with E-state index in [1.807, 2.05) is 0 Å². The molecule has 1 fully saturated rings. The fourth-order valence-electron chi connectivity index (χ4n) is 1.59. The number of para-hydroxylation sites is 1. The highest BCUT2D eigenvalue weighted by Crippen LogP contribution is 2.34. The zero-order valence-electron chi connectivity index (χ0n) is 7.93. The highest BCUT2D eigenvalue weighted by molar-refractivity contribution is 5.69. The summed E-state index contributed by atoms with van der Waals surface area (Å²) in [5, 5.41) is 21.5. The molecule has 0 aliphatic carbocycles. The molecule has 1 amide bonds. The molecule has 15 heavy (non-hydrogen) atoms. The quantitative estimate of drug-likeness (QED) is 0.608. The number of amides is 1. The Kier molecular flexibility index (Phi) is 2.37. The van der Waals surface area contributed by atoms with E-state index >= 15 is 0 Å². The SMILES string of the molecule is O=C1N[C@H](c2cccc(O)c2O)CCO1. The van der Waals surface area contributed by atoms with E-state index in [1.54, 1.807) is 12.1 Å². The van der Waals surface area contributed by atoms with Crippen LogP contribution in [0.1, 0.15) is 18.0 Å². The van der Waals surface area contributed by atoms with Gasteiger partial charge in [-0.15, -0.1) is 0 Å². The fourth-order valence-corrected chi connectivity index (χ4v) is 1.59. The van der Waals surface area contributed by atoms with Gasteiger partial charge in [0.05, 0.1) is 12.6 Å². The van der Waals surface area contributed by atoms with Gasteiger partial charge in [0.2, 0.25) is 0 Å². The first-order valence-corrected chi connectivity index (χ1v) is 4.62. The third kappa shape index (κ3) is 1.81. The lowest BCUT2D eigenvalue weighted by molar-refractivity contribution is 0.115. The molecule has 0 aromatic heterocycles. The van der Waals surface area contributed by atoms with Gasteiger partial charge in [0.15, 0.2) is 11.5 Å². The summed E-state index contributed by atoms with van der Waals surface area (Å²) in [6, 6.07) is 4.36. The van der Waals surface area contributed by atoms with E-state index in [0.29, 0.717) is 18.6 Å². The number of nitrogens with one attached hydrogen (secondary N) is 1. The second-order valence-corrected chi connectivity index (χ2v) is 3.34. The summed E-state index contributed by atoms with van der Waals surface area (Å²) >= 11 is 0. The summed E-state index contributed by atoms with van der Waals surface area (Å²) < 4.78 is 4.71. The van der Waals surface area contributed by atoms with E-state index in [0.717, 1.165) is 0 Å².